The highest BCUT2D eigenvalue weighted by molar-refractivity contribution is 5.86. The van der Waals surface area contributed by atoms with Crippen molar-refractivity contribution in [3.8, 4) is 0 Å². The highest BCUT2D eigenvalue weighted by Gasteiger charge is 2.42. The molecule has 0 aliphatic carbocycles. The lowest BCUT2D eigenvalue weighted by Crippen LogP contribution is -2.55. The van der Waals surface area contributed by atoms with Gasteiger partial charge in [-0.15, -0.1) is 0 Å². The van der Waals surface area contributed by atoms with Crippen molar-refractivity contribution >= 4 is 11.8 Å². The van der Waals surface area contributed by atoms with Crippen molar-refractivity contribution < 1.29 is 23.5 Å². The van der Waals surface area contributed by atoms with Gasteiger partial charge in [-0.1, -0.05) is 12.1 Å². The van der Waals surface area contributed by atoms with Crippen molar-refractivity contribution in [3.63, 3.8) is 0 Å². The molecule has 2 fully saturated rings. The number of morpholine rings is 2. The van der Waals surface area contributed by atoms with Crippen molar-refractivity contribution in [2.24, 2.45) is 0 Å². The van der Waals surface area contributed by atoms with Crippen molar-refractivity contribution in [1.82, 2.24) is 9.80 Å². The molecule has 2 atom stereocenters. The SMILES string of the molecule is CN1C(=O)CO[C@@H](C(=O)N2CCOCC2)[C@@H]1c1cccc(F)c1. The first-order valence-electron chi connectivity index (χ1n) is 7.57. The van der Waals surface area contributed by atoms with Gasteiger partial charge >= 0.3 is 0 Å². The molecule has 0 radical (unpaired) electrons. The molecule has 0 spiro atoms. The zero-order chi connectivity index (χ0) is 16.4. The largest absolute Gasteiger partial charge is 0.378 e. The Kier molecular flexibility index (Phi) is 4.58. The fraction of sp³-hybridized carbons (Fsp3) is 0.500. The second-order valence-corrected chi connectivity index (χ2v) is 5.67. The lowest BCUT2D eigenvalue weighted by Gasteiger charge is -2.40. The molecule has 0 N–H and O–H groups in total. The summed E-state index contributed by atoms with van der Waals surface area (Å²) in [6, 6.07) is 5.29. The highest BCUT2D eigenvalue weighted by Crippen LogP contribution is 2.30. The van der Waals surface area contributed by atoms with Gasteiger partial charge in [0.2, 0.25) is 5.91 Å². The minimum absolute atomic E-state index is 0.150. The van der Waals surface area contributed by atoms with Gasteiger partial charge in [-0.3, -0.25) is 9.59 Å². The molecule has 0 saturated carbocycles. The van der Waals surface area contributed by atoms with Crippen LogP contribution in [0.5, 0.6) is 0 Å². The summed E-state index contributed by atoms with van der Waals surface area (Å²) in [6.45, 7) is 1.80. The quantitative estimate of drug-likeness (QED) is 0.799. The van der Waals surface area contributed by atoms with Crippen LogP contribution in [0.15, 0.2) is 24.3 Å². The summed E-state index contributed by atoms with van der Waals surface area (Å²) in [4.78, 5) is 27.9. The van der Waals surface area contributed by atoms with Crippen molar-refractivity contribution in [1.29, 1.82) is 0 Å². The molecule has 1 aromatic rings. The van der Waals surface area contributed by atoms with Crippen molar-refractivity contribution in [2.75, 3.05) is 40.0 Å². The lowest BCUT2D eigenvalue weighted by atomic mass is 9.97. The van der Waals surface area contributed by atoms with E-state index in [0.717, 1.165) is 0 Å². The number of benzene rings is 1. The normalized spacial score (nSPS) is 25.6. The fourth-order valence-electron chi connectivity index (χ4n) is 2.97. The van der Waals surface area contributed by atoms with E-state index in [9.17, 15) is 14.0 Å². The van der Waals surface area contributed by atoms with Gasteiger partial charge in [0.1, 0.15) is 12.4 Å². The Morgan fingerprint density at radius 2 is 2.04 bits per heavy atom. The summed E-state index contributed by atoms with van der Waals surface area (Å²) in [5, 5.41) is 0. The minimum Gasteiger partial charge on any atom is -0.378 e. The van der Waals surface area contributed by atoms with E-state index >= 15 is 0 Å². The zero-order valence-corrected chi connectivity index (χ0v) is 12.9. The Balaban J connectivity index is 1.89. The minimum atomic E-state index is -0.836. The molecule has 23 heavy (non-hydrogen) atoms. The Hall–Kier alpha value is -1.99. The Morgan fingerprint density at radius 3 is 2.74 bits per heavy atom. The third-order valence-electron chi connectivity index (χ3n) is 4.24. The molecular formula is C16H19FN2O4. The summed E-state index contributed by atoms with van der Waals surface area (Å²) in [5.41, 5.74) is 0.548. The second kappa shape index (κ2) is 6.64. The maximum atomic E-state index is 13.6. The Labute approximate surface area is 133 Å². The van der Waals surface area contributed by atoms with E-state index in [-0.39, 0.29) is 18.4 Å². The summed E-state index contributed by atoms with van der Waals surface area (Å²) < 4.78 is 24.4. The highest BCUT2D eigenvalue weighted by atomic mass is 19.1. The molecule has 2 amide bonds. The maximum absolute atomic E-state index is 13.6. The monoisotopic (exact) mass is 322 g/mol. The van der Waals surface area contributed by atoms with E-state index in [4.69, 9.17) is 9.47 Å². The third-order valence-corrected chi connectivity index (χ3v) is 4.24. The first-order chi connectivity index (χ1) is 11.1. The van der Waals surface area contributed by atoms with Gasteiger partial charge in [0.25, 0.3) is 5.91 Å². The first kappa shape index (κ1) is 15.9. The summed E-state index contributed by atoms with van der Waals surface area (Å²) in [5.74, 6) is -0.835. The van der Waals surface area contributed by atoms with Crippen LogP contribution in [0.1, 0.15) is 11.6 Å². The molecule has 124 valence electrons. The summed E-state index contributed by atoms with van der Waals surface area (Å²) in [7, 11) is 1.61. The van der Waals surface area contributed by atoms with E-state index in [1.165, 1.54) is 17.0 Å². The molecule has 2 heterocycles. The second-order valence-electron chi connectivity index (χ2n) is 5.67. The number of ether oxygens (including phenoxy) is 2. The van der Waals surface area contributed by atoms with E-state index in [2.05, 4.69) is 0 Å². The van der Waals surface area contributed by atoms with Crippen molar-refractivity contribution in [3.05, 3.63) is 35.6 Å². The maximum Gasteiger partial charge on any atom is 0.254 e. The molecular weight excluding hydrogens is 303 g/mol. The van der Waals surface area contributed by atoms with Gasteiger partial charge in [-0.2, -0.15) is 0 Å². The van der Waals surface area contributed by atoms with Crippen LogP contribution in [-0.2, 0) is 19.1 Å². The van der Waals surface area contributed by atoms with Crippen LogP contribution in [0.25, 0.3) is 0 Å². The molecule has 0 aromatic heterocycles. The number of nitrogens with zero attached hydrogens (tertiary/aromatic N) is 2. The number of hydrogen-bond donors (Lipinski definition) is 0. The number of halogens is 1. The van der Waals surface area contributed by atoms with E-state index in [0.29, 0.717) is 31.9 Å². The molecule has 6 nitrogen and oxygen atoms in total. The van der Waals surface area contributed by atoms with Crippen LogP contribution >= 0.6 is 0 Å². The lowest BCUT2D eigenvalue weighted by molar-refractivity contribution is -0.169. The van der Waals surface area contributed by atoms with Crippen LogP contribution in [0.4, 0.5) is 4.39 Å². The van der Waals surface area contributed by atoms with Gasteiger partial charge in [-0.25, -0.2) is 4.39 Å². The molecule has 7 heteroatoms. The molecule has 0 bridgehead atoms. The number of amides is 2. The van der Waals surface area contributed by atoms with E-state index < -0.39 is 18.0 Å². The number of rotatable bonds is 2. The fourth-order valence-corrected chi connectivity index (χ4v) is 2.97. The Bertz CT molecular complexity index is 603. The standard InChI is InChI=1S/C16H19FN2O4/c1-18-13(20)10-23-15(16(21)19-5-7-22-8-6-19)14(18)11-3-2-4-12(17)9-11/h2-4,9,14-15H,5-8,10H2,1H3/t14-,15+/m0/s1. The topological polar surface area (TPSA) is 59.1 Å². The van der Waals surface area contributed by atoms with Crippen LogP contribution in [0, 0.1) is 5.82 Å². The number of carbonyl (C=O) groups excluding carboxylic acids is 2. The zero-order valence-electron chi connectivity index (χ0n) is 12.9. The third kappa shape index (κ3) is 3.20. The van der Waals surface area contributed by atoms with Crippen molar-refractivity contribution in [2.45, 2.75) is 12.1 Å². The van der Waals surface area contributed by atoms with Crippen LogP contribution < -0.4 is 0 Å². The number of hydrogen-bond acceptors (Lipinski definition) is 4. The predicted molar refractivity (Wildman–Crippen MR) is 79.1 cm³/mol. The Morgan fingerprint density at radius 1 is 1.30 bits per heavy atom. The molecule has 2 aliphatic heterocycles. The average Bonchev–Trinajstić information content (AvgIpc) is 2.57. The summed E-state index contributed by atoms with van der Waals surface area (Å²) in [6.07, 6.45) is -0.836. The van der Waals surface area contributed by atoms with Gasteiger partial charge in [-0.05, 0) is 17.7 Å². The smallest absolute Gasteiger partial charge is 0.254 e. The molecule has 0 unspecified atom stereocenters. The van der Waals surface area contributed by atoms with E-state index in [1.54, 1.807) is 24.1 Å². The molecule has 1 aromatic carbocycles. The van der Waals surface area contributed by atoms with E-state index in [1.807, 2.05) is 0 Å². The summed E-state index contributed by atoms with van der Waals surface area (Å²) >= 11 is 0. The van der Waals surface area contributed by atoms with Gasteiger partial charge < -0.3 is 19.3 Å². The van der Waals surface area contributed by atoms with Crippen LogP contribution in [0.2, 0.25) is 0 Å². The predicted octanol–water partition coefficient (Wildman–Crippen LogP) is 0.583. The van der Waals surface area contributed by atoms with Gasteiger partial charge in [0, 0.05) is 20.1 Å². The first-order valence-corrected chi connectivity index (χ1v) is 7.57. The van der Waals surface area contributed by atoms with Crippen LogP contribution in [-0.4, -0.2) is 67.7 Å². The number of carbonyl (C=O) groups is 2. The average molecular weight is 322 g/mol. The molecule has 3 rings (SSSR count). The van der Waals surface area contributed by atoms with Gasteiger partial charge in [0.05, 0.1) is 19.3 Å². The van der Waals surface area contributed by atoms with Crippen LogP contribution in [0.3, 0.4) is 0 Å². The molecule has 2 aliphatic rings. The number of likely N-dealkylation sites (N-methyl/N-ethyl adjacent to an activating group) is 1. The van der Waals surface area contributed by atoms with Gasteiger partial charge in [0.15, 0.2) is 6.10 Å². The molecule has 2 saturated heterocycles.